The summed E-state index contributed by atoms with van der Waals surface area (Å²) >= 11 is 0. The number of hydrogen-bond donors (Lipinski definition) is 1. The highest BCUT2D eigenvalue weighted by Gasteiger charge is 2.16. The van der Waals surface area contributed by atoms with Gasteiger partial charge in [0.15, 0.2) is 0 Å². The quantitative estimate of drug-likeness (QED) is 0.861. The molecule has 5 heteroatoms. The highest BCUT2D eigenvalue weighted by atomic mass is 16.5. The van der Waals surface area contributed by atoms with Crippen LogP contribution in [0.2, 0.25) is 0 Å². The van der Waals surface area contributed by atoms with E-state index in [1.165, 1.54) is 14.2 Å². The van der Waals surface area contributed by atoms with Crippen LogP contribution >= 0.6 is 0 Å². The standard InChI is InChI=1S/C14H21NO4/c1-9(2)6-13(16)15-14-11(18-4)7-10(17-3)8-12(14)19-5/h7-9H,6H2,1-5H3,(H,15,16). The molecule has 0 radical (unpaired) electrons. The van der Waals surface area contributed by atoms with Gasteiger partial charge in [-0.15, -0.1) is 0 Å². The molecular formula is C14H21NO4. The van der Waals surface area contributed by atoms with Crippen molar-refractivity contribution < 1.29 is 19.0 Å². The Morgan fingerprint density at radius 1 is 1.11 bits per heavy atom. The molecule has 0 fully saturated rings. The van der Waals surface area contributed by atoms with Crippen molar-refractivity contribution in [3.05, 3.63) is 12.1 Å². The second kappa shape index (κ2) is 6.87. The first-order valence-electron chi connectivity index (χ1n) is 6.11. The molecule has 0 saturated heterocycles. The first-order chi connectivity index (χ1) is 9.01. The van der Waals surface area contributed by atoms with Crippen LogP contribution in [0.3, 0.4) is 0 Å². The van der Waals surface area contributed by atoms with E-state index in [0.29, 0.717) is 29.4 Å². The van der Waals surface area contributed by atoms with Gasteiger partial charge < -0.3 is 19.5 Å². The molecule has 0 saturated carbocycles. The zero-order chi connectivity index (χ0) is 14.4. The van der Waals surface area contributed by atoms with E-state index in [0.717, 1.165) is 0 Å². The smallest absolute Gasteiger partial charge is 0.224 e. The molecule has 0 bridgehead atoms. The maximum absolute atomic E-state index is 11.9. The van der Waals surface area contributed by atoms with Crippen molar-refractivity contribution in [2.45, 2.75) is 20.3 Å². The molecule has 1 amide bonds. The van der Waals surface area contributed by atoms with Crippen LogP contribution in [0, 0.1) is 5.92 Å². The molecule has 0 aromatic heterocycles. The lowest BCUT2D eigenvalue weighted by atomic mass is 10.1. The van der Waals surface area contributed by atoms with Crippen molar-refractivity contribution in [1.82, 2.24) is 0 Å². The summed E-state index contributed by atoms with van der Waals surface area (Å²) in [6.07, 6.45) is 0.443. The average Bonchev–Trinajstić information content (AvgIpc) is 2.37. The number of rotatable bonds is 6. The summed E-state index contributed by atoms with van der Waals surface area (Å²) in [6.45, 7) is 3.98. The summed E-state index contributed by atoms with van der Waals surface area (Å²) in [6, 6.07) is 3.40. The van der Waals surface area contributed by atoms with Gasteiger partial charge in [-0.05, 0) is 5.92 Å². The molecule has 1 aromatic carbocycles. The molecule has 0 atom stereocenters. The van der Waals surface area contributed by atoms with Gasteiger partial charge in [-0.3, -0.25) is 4.79 Å². The largest absolute Gasteiger partial charge is 0.496 e. The van der Waals surface area contributed by atoms with Crippen molar-refractivity contribution >= 4 is 11.6 Å². The van der Waals surface area contributed by atoms with E-state index in [1.54, 1.807) is 19.2 Å². The molecule has 0 aliphatic carbocycles. The molecule has 106 valence electrons. The lowest BCUT2D eigenvalue weighted by Crippen LogP contribution is -2.15. The lowest BCUT2D eigenvalue weighted by Gasteiger charge is -2.16. The molecule has 5 nitrogen and oxygen atoms in total. The topological polar surface area (TPSA) is 56.8 Å². The highest BCUT2D eigenvalue weighted by molar-refractivity contribution is 5.94. The van der Waals surface area contributed by atoms with E-state index < -0.39 is 0 Å². The first kappa shape index (κ1) is 15.1. The van der Waals surface area contributed by atoms with E-state index in [1.807, 2.05) is 13.8 Å². The van der Waals surface area contributed by atoms with E-state index in [2.05, 4.69) is 5.32 Å². The van der Waals surface area contributed by atoms with Crippen molar-refractivity contribution in [3.8, 4) is 17.2 Å². The number of methoxy groups -OCH3 is 3. The Bertz CT molecular complexity index is 418. The van der Waals surface area contributed by atoms with Gasteiger partial charge in [0.2, 0.25) is 5.91 Å². The molecule has 1 aromatic rings. The predicted molar refractivity (Wildman–Crippen MR) is 74.2 cm³/mol. The third-order valence-electron chi connectivity index (χ3n) is 2.57. The van der Waals surface area contributed by atoms with Crippen LogP contribution in [0.1, 0.15) is 20.3 Å². The van der Waals surface area contributed by atoms with Gasteiger partial charge >= 0.3 is 0 Å². The molecular weight excluding hydrogens is 246 g/mol. The monoisotopic (exact) mass is 267 g/mol. The number of ether oxygens (including phenoxy) is 3. The van der Waals surface area contributed by atoms with E-state index in [4.69, 9.17) is 14.2 Å². The Balaban J connectivity index is 3.06. The SMILES string of the molecule is COc1cc(OC)c(NC(=O)CC(C)C)c(OC)c1. The van der Waals surface area contributed by atoms with Gasteiger partial charge in [0.25, 0.3) is 0 Å². The normalized spacial score (nSPS) is 10.2. The van der Waals surface area contributed by atoms with Gasteiger partial charge in [-0.1, -0.05) is 13.8 Å². The number of hydrogen-bond acceptors (Lipinski definition) is 4. The van der Waals surface area contributed by atoms with Gasteiger partial charge in [0.1, 0.15) is 22.9 Å². The van der Waals surface area contributed by atoms with Crippen molar-refractivity contribution in [2.24, 2.45) is 5.92 Å². The number of carbonyl (C=O) groups is 1. The fourth-order valence-corrected chi connectivity index (χ4v) is 1.69. The predicted octanol–water partition coefficient (Wildman–Crippen LogP) is 2.70. The maximum atomic E-state index is 11.9. The minimum Gasteiger partial charge on any atom is -0.496 e. The van der Waals surface area contributed by atoms with Gasteiger partial charge in [0, 0.05) is 18.6 Å². The summed E-state index contributed by atoms with van der Waals surface area (Å²) < 4.78 is 15.7. The zero-order valence-electron chi connectivity index (χ0n) is 12.1. The van der Waals surface area contributed by atoms with Crippen LogP contribution in [-0.2, 0) is 4.79 Å². The summed E-state index contributed by atoms with van der Waals surface area (Å²) in [4.78, 5) is 11.9. The molecule has 0 heterocycles. The Hall–Kier alpha value is -1.91. The Kier molecular flexibility index (Phi) is 5.48. The van der Waals surface area contributed by atoms with Crippen LogP contribution in [0.15, 0.2) is 12.1 Å². The fraction of sp³-hybridized carbons (Fsp3) is 0.500. The van der Waals surface area contributed by atoms with Gasteiger partial charge in [0.05, 0.1) is 21.3 Å². The van der Waals surface area contributed by atoms with Crippen molar-refractivity contribution in [3.63, 3.8) is 0 Å². The average molecular weight is 267 g/mol. The molecule has 0 unspecified atom stereocenters. The summed E-state index contributed by atoms with van der Waals surface area (Å²) in [5.74, 6) is 1.84. The maximum Gasteiger partial charge on any atom is 0.224 e. The molecule has 0 spiro atoms. The minimum absolute atomic E-state index is 0.0724. The van der Waals surface area contributed by atoms with Crippen molar-refractivity contribution in [1.29, 1.82) is 0 Å². The molecule has 1 rings (SSSR count). The van der Waals surface area contributed by atoms with Crippen LogP contribution in [0.25, 0.3) is 0 Å². The number of anilines is 1. The summed E-state index contributed by atoms with van der Waals surface area (Å²) in [7, 11) is 4.63. The van der Waals surface area contributed by atoms with Gasteiger partial charge in [-0.25, -0.2) is 0 Å². The highest BCUT2D eigenvalue weighted by Crippen LogP contribution is 2.38. The second-order valence-corrected chi connectivity index (χ2v) is 4.55. The number of amides is 1. The third-order valence-corrected chi connectivity index (χ3v) is 2.57. The van der Waals surface area contributed by atoms with Crippen LogP contribution < -0.4 is 19.5 Å². The lowest BCUT2D eigenvalue weighted by molar-refractivity contribution is -0.116. The summed E-state index contributed by atoms with van der Waals surface area (Å²) in [5, 5.41) is 2.82. The zero-order valence-corrected chi connectivity index (χ0v) is 12.1. The Morgan fingerprint density at radius 3 is 2.00 bits per heavy atom. The fourth-order valence-electron chi connectivity index (χ4n) is 1.69. The van der Waals surface area contributed by atoms with E-state index in [-0.39, 0.29) is 11.8 Å². The van der Waals surface area contributed by atoms with Crippen LogP contribution in [0.4, 0.5) is 5.69 Å². The Morgan fingerprint density at radius 2 is 1.63 bits per heavy atom. The van der Waals surface area contributed by atoms with Crippen LogP contribution in [-0.4, -0.2) is 27.2 Å². The molecule has 0 aliphatic heterocycles. The van der Waals surface area contributed by atoms with E-state index in [9.17, 15) is 4.79 Å². The van der Waals surface area contributed by atoms with Crippen molar-refractivity contribution in [2.75, 3.05) is 26.6 Å². The Labute approximate surface area is 113 Å². The number of carbonyl (C=O) groups excluding carboxylic acids is 1. The molecule has 19 heavy (non-hydrogen) atoms. The van der Waals surface area contributed by atoms with Crippen LogP contribution in [0.5, 0.6) is 17.2 Å². The summed E-state index contributed by atoms with van der Waals surface area (Å²) in [5.41, 5.74) is 0.524. The number of benzene rings is 1. The molecule has 1 N–H and O–H groups in total. The third kappa shape index (κ3) is 4.05. The second-order valence-electron chi connectivity index (χ2n) is 4.55. The number of nitrogens with one attached hydrogen (secondary N) is 1. The van der Waals surface area contributed by atoms with Gasteiger partial charge in [-0.2, -0.15) is 0 Å². The minimum atomic E-state index is -0.0724. The molecule has 0 aliphatic rings. The van der Waals surface area contributed by atoms with E-state index >= 15 is 0 Å². The first-order valence-corrected chi connectivity index (χ1v) is 6.11.